The van der Waals surface area contributed by atoms with Crippen LogP contribution < -0.4 is 15.4 Å². The number of nitrogens with one attached hydrogen (secondary N) is 2. The third kappa shape index (κ3) is 5.12. The second kappa shape index (κ2) is 10.8. The van der Waals surface area contributed by atoms with Crippen molar-refractivity contribution in [2.45, 2.75) is 51.7 Å². The lowest BCUT2D eigenvalue weighted by Crippen LogP contribution is -2.31. The molecule has 1 aromatic heterocycles. The Balaban J connectivity index is 1.73. The zero-order valence-electron chi connectivity index (χ0n) is 20.1. The number of carbonyl (C=O) groups is 1. The highest BCUT2D eigenvalue weighted by Gasteiger charge is 2.34. The largest absolute Gasteiger partial charge is 0.494 e. The van der Waals surface area contributed by atoms with Gasteiger partial charge in [-0.2, -0.15) is 4.98 Å². The van der Waals surface area contributed by atoms with Gasteiger partial charge < -0.3 is 15.4 Å². The van der Waals surface area contributed by atoms with E-state index in [1.165, 1.54) is 0 Å². The fraction of sp³-hybridized carbons (Fsp3) is 0.346. The van der Waals surface area contributed by atoms with Crippen LogP contribution in [0.3, 0.4) is 0 Å². The number of benzene rings is 2. The molecule has 0 aliphatic carbocycles. The smallest absolute Gasteiger partial charge is 0.255 e. The number of aromatic nitrogens is 3. The van der Waals surface area contributed by atoms with Gasteiger partial charge >= 0.3 is 0 Å². The van der Waals surface area contributed by atoms with E-state index in [1.54, 1.807) is 11.8 Å². The molecule has 2 aromatic carbocycles. The molecule has 8 heteroatoms. The molecule has 0 fully saturated rings. The lowest BCUT2D eigenvalue weighted by molar-refractivity contribution is -0.113. The summed E-state index contributed by atoms with van der Waals surface area (Å²) in [6.07, 6.45) is 1.98. The number of rotatable bonds is 9. The van der Waals surface area contributed by atoms with Crippen LogP contribution in [-0.2, 0) is 4.79 Å². The van der Waals surface area contributed by atoms with Crippen molar-refractivity contribution in [3.05, 3.63) is 70.9 Å². The highest BCUT2D eigenvalue weighted by molar-refractivity contribution is 7.99. The van der Waals surface area contributed by atoms with Gasteiger partial charge in [-0.05, 0) is 56.0 Å². The second-order valence-corrected chi connectivity index (χ2v) is 9.33. The SMILES string of the molecule is CCCOc1ccc(C2C(C(=O)Nc3ccccc3C)=C(C)Nc3nc(SCCC)nn32)cc1. The molecule has 2 N–H and O–H groups in total. The van der Waals surface area contributed by atoms with E-state index < -0.39 is 6.04 Å². The molecule has 178 valence electrons. The summed E-state index contributed by atoms with van der Waals surface area (Å²) in [5.74, 6) is 2.22. The maximum absolute atomic E-state index is 13.6. The van der Waals surface area contributed by atoms with E-state index in [0.717, 1.165) is 46.9 Å². The van der Waals surface area contributed by atoms with E-state index in [-0.39, 0.29) is 5.91 Å². The number of nitrogens with zero attached hydrogens (tertiary/aromatic N) is 3. The molecule has 1 unspecified atom stereocenters. The van der Waals surface area contributed by atoms with Crippen LogP contribution in [0.1, 0.15) is 50.8 Å². The molecule has 3 aromatic rings. The van der Waals surface area contributed by atoms with E-state index in [1.807, 2.05) is 67.1 Å². The van der Waals surface area contributed by atoms with Crippen molar-refractivity contribution in [1.29, 1.82) is 0 Å². The Hall–Kier alpha value is -3.26. The third-order valence-electron chi connectivity index (χ3n) is 5.58. The topological polar surface area (TPSA) is 81.1 Å². The molecule has 1 aliphatic rings. The predicted octanol–water partition coefficient (Wildman–Crippen LogP) is 5.81. The van der Waals surface area contributed by atoms with Gasteiger partial charge in [0.25, 0.3) is 5.91 Å². The van der Waals surface area contributed by atoms with Crippen molar-refractivity contribution >= 4 is 29.3 Å². The Bertz CT molecular complexity index is 1190. The fourth-order valence-electron chi connectivity index (χ4n) is 3.86. The van der Waals surface area contributed by atoms with Crippen molar-refractivity contribution in [3.8, 4) is 5.75 Å². The highest BCUT2D eigenvalue weighted by Crippen LogP contribution is 2.37. The fourth-order valence-corrected chi connectivity index (χ4v) is 4.54. The number of carbonyl (C=O) groups excluding carboxylic acids is 1. The molecule has 34 heavy (non-hydrogen) atoms. The number of fused-ring (bicyclic) bond motifs is 1. The number of aryl methyl sites for hydroxylation is 1. The number of hydrogen-bond acceptors (Lipinski definition) is 6. The summed E-state index contributed by atoms with van der Waals surface area (Å²) in [6, 6.07) is 15.3. The van der Waals surface area contributed by atoms with Gasteiger partial charge in [-0.3, -0.25) is 4.79 Å². The van der Waals surface area contributed by atoms with Gasteiger partial charge in [0, 0.05) is 17.1 Å². The molecule has 0 saturated carbocycles. The molecular formula is C26H31N5O2S. The van der Waals surface area contributed by atoms with Gasteiger partial charge in [0.2, 0.25) is 11.1 Å². The summed E-state index contributed by atoms with van der Waals surface area (Å²) in [5, 5.41) is 11.9. The number of amides is 1. The summed E-state index contributed by atoms with van der Waals surface area (Å²) >= 11 is 1.62. The zero-order valence-corrected chi connectivity index (χ0v) is 20.9. The normalized spacial score (nSPS) is 15.0. The highest BCUT2D eigenvalue weighted by atomic mass is 32.2. The van der Waals surface area contributed by atoms with Crippen molar-refractivity contribution < 1.29 is 9.53 Å². The quantitative estimate of drug-likeness (QED) is 0.379. The van der Waals surface area contributed by atoms with Gasteiger partial charge in [-0.15, -0.1) is 5.10 Å². The van der Waals surface area contributed by atoms with Gasteiger partial charge in [-0.1, -0.05) is 55.9 Å². The summed E-state index contributed by atoms with van der Waals surface area (Å²) < 4.78 is 7.58. The van der Waals surface area contributed by atoms with E-state index in [0.29, 0.717) is 23.3 Å². The first kappa shape index (κ1) is 23.9. The van der Waals surface area contributed by atoms with E-state index >= 15 is 0 Å². The average molecular weight is 478 g/mol. The van der Waals surface area contributed by atoms with Crippen LogP contribution in [0.4, 0.5) is 11.6 Å². The zero-order chi connectivity index (χ0) is 24.1. The standard InChI is InChI=1S/C26H31N5O2S/c1-5-15-33-20-13-11-19(12-14-20)23-22(24(32)28-21-10-8-7-9-17(21)3)18(4)27-25-29-26(30-31(23)25)34-16-6-2/h7-14,23H,5-6,15-16H2,1-4H3,(H,28,32)(H,27,29,30). The summed E-state index contributed by atoms with van der Waals surface area (Å²) in [7, 11) is 0. The van der Waals surface area contributed by atoms with Crippen LogP contribution in [0.25, 0.3) is 0 Å². The lowest BCUT2D eigenvalue weighted by Gasteiger charge is -2.29. The predicted molar refractivity (Wildman–Crippen MR) is 138 cm³/mol. The summed E-state index contributed by atoms with van der Waals surface area (Å²) in [5.41, 5.74) is 4.10. The molecule has 0 spiro atoms. The average Bonchev–Trinajstić information content (AvgIpc) is 3.24. The molecule has 0 radical (unpaired) electrons. The molecule has 4 rings (SSSR count). The molecule has 1 atom stereocenters. The van der Waals surface area contributed by atoms with E-state index in [2.05, 4.69) is 29.5 Å². The van der Waals surface area contributed by atoms with Gasteiger partial charge in [0.1, 0.15) is 11.8 Å². The number of anilines is 2. The first-order valence-corrected chi connectivity index (χ1v) is 12.7. The van der Waals surface area contributed by atoms with Gasteiger partial charge in [0.05, 0.1) is 12.2 Å². The number of para-hydroxylation sites is 1. The van der Waals surface area contributed by atoms with Crippen LogP contribution in [0.5, 0.6) is 5.75 Å². The number of thioether (sulfide) groups is 1. The minimum atomic E-state index is -0.413. The molecule has 0 saturated heterocycles. The first-order chi connectivity index (χ1) is 16.5. The second-order valence-electron chi connectivity index (χ2n) is 8.26. The minimum absolute atomic E-state index is 0.167. The first-order valence-electron chi connectivity index (χ1n) is 11.7. The number of allylic oxidation sites excluding steroid dienone is 1. The van der Waals surface area contributed by atoms with Crippen molar-refractivity contribution in [2.75, 3.05) is 23.0 Å². The number of hydrogen-bond donors (Lipinski definition) is 2. The molecular weight excluding hydrogens is 446 g/mol. The molecule has 7 nitrogen and oxygen atoms in total. The Labute approximate surface area is 205 Å². The van der Waals surface area contributed by atoms with Crippen LogP contribution in [0.2, 0.25) is 0 Å². The molecule has 1 aliphatic heterocycles. The van der Waals surface area contributed by atoms with E-state index in [9.17, 15) is 4.79 Å². The van der Waals surface area contributed by atoms with E-state index in [4.69, 9.17) is 9.84 Å². The van der Waals surface area contributed by atoms with Crippen LogP contribution in [0, 0.1) is 6.92 Å². The van der Waals surface area contributed by atoms with Crippen LogP contribution in [0.15, 0.2) is 65.0 Å². The monoisotopic (exact) mass is 477 g/mol. The lowest BCUT2D eigenvalue weighted by atomic mass is 9.95. The number of ether oxygens (including phenoxy) is 1. The van der Waals surface area contributed by atoms with Crippen molar-refractivity contribution in [2.24, 2.45) is 0 Å². The molecule has 0 bridgehead atoms. The van der Waals surface area contributed by atoms with Crippen LogP contribution >= 0.6 is 11.8 Å². The molecule has 2 heterocycles. The van der Waals surface area contributed by atoms with Crippen molar-refractivity contribution in [1.82, 2.24) is 14.8 Å². The maximum Gasteiger partial charge on any atom is 0.255 e. The Morgan fingerprint density at radius 3 is 2.59 bits per heavy atom. The Morgan fingerprint density at radius 2 is 1.88 bits per heavy atom. The Kier molecular flexibility index (Phi) is 7.57. The minimum Gasteiger partial charge on any atom is -0.494 e. The summed E-state index contributed by atoms with van der Waals surface area (Å²) in [4.78, 5) is 18.3. The molecule has 1 amide bonds. The van der Waals surface area contributed by atoms with Gasteiger partial charge in [0.15, 0.2) is 0 Å². The van der Waals surface area contributed by atoms with Crippen molar-refractivity contribution in [3.63, 3.8) is 0 Å². The van der Waals surface area contributed by atoms with Crippen LogP contribution in [-0.4, -0.2) is 33.0 Å². The summed E-state index contributed by atoms with van der Waals surface area (Å²) in [6.45, 7) is 8.77. The third-order valence-corrected chi connectivity index (χ3v) is 6.62. The Morgan fingerprint density at radius 1 is 1.12 bits per heavy atom. The maximum atomic E-state index is 13.6. The van der Waals surface area contributed by atoms with Gasteiger partial charge in [-0.25, -0.2) is 4.68 Å².